The van der Waals surface area contributed by atoms with Crippen molar-refractivity contribution >= 4 is 17.3 Å². The van der Waals surface area contributed by atoms with Crippen molar-refractivity contribution in [3.8, 4) is 6.07 Å². The molecule has 21 heavy (non-hydrogen) atoms. The molecule has 0 heterocycles. The molecule has 0 fully saturated rings. The first-order chi connectivity index (χ1) is 10.2. The Labute approximate surface area is 121 Å². The molecule has 6 heteroatoms. The molecule has 0 aliphatic carbocycles. The number of methoxy groups -OCH3 is 1. The van der Waals surface area contributed by atoms with Crippen molar-refractivity contribution in [2.24, 2.45) is 10.3 Å². The number of nitriles is 1. The van der Waals surface area contributed by atoms with Crippen LogP contribution in [0.1, 0.15) is 15.9 Å². The van der Waals surface area contributed by atoms with Gasteiger partial charge in [0.2, 0.25) is 0 Å². The lowest BCUT2D eigenvalue weighted by atomic mass is 10.2. The summed E-state index contributed by atoms with van der Waals surface area (Å²) >= 11 is 0. The standard InChI is InChI=1S/C15H12N4O2/c1-21-15(20)11-6-8-13(9-7-11)17-19-18-14-5-3-2-4-12(14)10-16/h2-9H,1H3,(H,17,18). The molecular formula is C15H12N4O2. The lowest BCUT2D eigenvalue weighted by molar-refractivity contribution is 0.0601. The van der Waals surface area contributed by atoms with Gasteiger partial charge in [0, 0.05) is 0 Å². The number of anilines is 1. The van der Waals surface area contributed by atoms with E-state index < -0.39 is 5.97 Å². The highest BCUT2D eigenvalue weighted by molar-refractivity contribution is 5.89. The van der Waals surface area contributed by atoms with Crippen LogP contribution < -0.4 is 5.43 Å². The summed E-state index contributed by atoms with van der Waals surface area (Å²) in [6.07, 6.45) is 0. The third-order valence-electron chi connectivity index (χ3n) is 2.67. The first kappa shape index (κ1) is 14.2. The molecule has 2 aromatic rings. The minimum atomic E-state index is -0.397. The molecule has 104 valence electrons. The van der Waals surface area contributed by atoms with E-state index in [0.717, 1.165) is 0 Å². The van der Waals surface area contributed by atoms with Crippen LogP contribution in [0.2, 0.25) is 0 Å². The summed E-state index contributed by atoms with van der Waals surface area (Å²) in [6.45, 7) is 0. The van der Waals surface area contributed by atoms with Crippen LogP contribution in [0.4, 0.5) is 11.4 Å². The minimum absolute atomic E-state index is 0.397. The SMILES string of the molecule is COC(=O)c1ccc(NN=Nc2ccccc2C#N)cc1. The summed E-state index contributed by atoms with van der Waals surface area (Å²) in [5.41, 5.74) is 4.78. The Morgan fingerprint density at radius 3 is 2.57 bits per heavy atom. The summed E-state index contributed by atoms with van der Waals surface area (Å²) in [4.78, 5) is 11.3. The number of hydrogen-bond donors (Lipinski definition) is 1. The van der Waals surface area contributed by atoms with E-state index in [-0.39, 0.29) is 0 Å². The Bertz CT molecular complexity index is 702. The summed E-state index contributed by atoms with van der Waals surface area (Å²) in [7, 11) is 1.33. The smallest absolute Gasteiger partial charge is 0.337 e. The molecule has 2 rings (SSSR count). The molecule has 0 unspecified atom stereocenters. The number of rotatable bonds is 4. The van der Waals surface area contributed by atoms with E-state index in [4.69, 9.17) is 5.26 Å². The van der Waals surface area contributed by atoms with Crippen molar-refractivity contribution in [3.63, 3.8) is 0 Å². The number of esters is 1. The van der Waals surface area contributed by atoms with Gasteiger partial charge in [-0.25, -0.2) is 4.79 Å². The van der Waals surface area contributed by atoms with E-state index in [9.17, 15) is 4.79 Å². The largest absolute Gasteiger partial charge is 0.465 e. The molecule has 0 saturated heterocycles. The quantitative estimate of drug-likeness (QED) is 0.528. The normalized spacial score (nSPS) is 10.1. The van der Waals surface area contributed by atoms with Crippen LogP contribution in [0.25, 0.3) is 0 Å². The Kier molecular flexibility index (Phi) is 4.62. The molecule has 6 nitrogen and oxygen atoms in total. The lowest BCUT2D eigenvalue weighted by Crippen LogP contribution is -2.00. The second-order valence-corrected chi connectivity index (χ2v) is 4.01. The molecule has 0 spiro atoms. The number of nitrogens with zero attached hydrogens (tertiary/aromatic N) is 3. The molecule has 0 saturated carbocycles. The van der Waals surface area contributed by atoms with Gasteiger partial charge >= 0.3 is 5.97 Å². The number of hydrogen-bond acceptors (Lipinski definition) is 5. The van der Waals surface area contributed by atoms with Crippen LogP contribution in [0.3, 0.4) is 0 Å². The average Bonchev–Trinajstić information content (AvgIpc) is 2.55. The lowest BCUT2D eigenvalue weighted by Gasteiger charge is -2.01. The molecule has 0 aliphatic heterocycles. The van der Waals surface area contributed by atoms with Gasteiger partial charge in [0.15, 0.2) is 0 Å². The van der Waals surface area contributed by atoms with Gasteiger partial charge in [-0.2, -0.15) is 5.26 Å². The fourth-order valence-electron chi connectivity index (χ4n) is 1.59. The second-order valence-electron chi connectivity index (χ2n) is 4.01. The van der Waals surface area contributed by atoms with Crippen molar-refractivity contribution < 1.29 is 9.53 Å². The van der Waals surface area contributed by atoms with Crippen molar-refractivity contribution in [3.05, 3.63) is 59.7 Å². The number of ether oxygens (including phenoxy) is 1. The molecule has 0 atom stereocenters. The van der Waals surface area contributed by atoms with Crippen LogP contribution in [0.5, 0.6) is 0 Å². The maximum atomic E-state index is 11.3. The number of nitrogens with one attached hydrogen (secondary N) is 1. The molecule has 0 aliphatic rings. The Morgan fingerprint density at radius 2 is 1.90 bits per heavy atom. The molecular weight excluding hydrogens is 268 g/mol. The summed E-state index contributed by atoms with van der Waals surface area (Å²) in [5, 5.41) is 16.7. The molecule has 0 aromatic heterocycles. The van der Waals surface area contributed by atoms with Gasteiger partial charge in [0.05, 0.1) is 23.9 Å². The number of carbonyl (C=O) groups is 1. The summed E-state index contributed by atoms with van der Waals surface area (Å²) in [5.74, 6) is -0.397. The fourth-order valence-corrected chi connectivity index (χ4v) is 1.59. The van der Waals surface area contributed by atoms with Crippen molar-refractivity contribution in [1.29, 1.82) is 5.26 Å². The van der Waals surface area contributed by atoms with E-state index in [0.29, 0.717) is 22.5 Å². The highest BCUT2D eigenvalue weighted by atomic mass is 16.5. The number of benzene rings is 2. The first-order valence-electron chi connectivity index (χ1n) is 6.09. The van der Waals surface area contributed by atoms with E-state index in [1.807, 2.05) is 6.07 Å². The van der Waals surface area contributed by atoms with E-state index in [2.05, 4.69) is 20.5 Å². The summed E-state index contributed by atoms with van der Waals surface area (Å²) < 4.78 is 4.61. The maximum Gasteiger partial charge on any atom is 0.337 e. The highest BCUT2D eigenvalue weighted by Crippen LogP contribution is 2.18. The van der Waals surface area contributed by atoms with Crippen molar-refractivity contribution in [2.45, 2.75) is 0 Å². The van der Waals surface area contributed by atoms with Gasteiger partial charge < -0.3 is 4.74 Å². The molecule has 1 N–H and O–H groups in total. The third kappa shape index (κ3) is 3.64. The monoisotopic (exact) mass is 280 g/mol. The molecule has 2 aromatic carbocycles. The van der Waals surface area contributed by atoms with E-state index >= 15 is 0 Å². The van der Waals surface area contributed by atoms with Crippen molar-refractivity contribution in [1.82, 2.24) is 0 Å². The number of carbonyl (C=O) groups excluding carboxylic acids is 1. The predicted octanol–water partition coefficient (Wildman–Crippen LogP) is 3.46. The second kappa shape index (κ2) is 6.82. The van der Waals surface area contributed by atoms with E-state index in [1.165, 1.54) is 7.11 Å². The van der Waals surface area contributed by atoms with Gasteiger partial charge in [0.1, 0.15) is 11.8 Å². The van der Waals surface area contributed by atoms with Crippen LogP contribution in [0, 0.1) is 11.3 Å². The average molecular weight is 280 g/mol. The Hall–Kier alpha value is -3.20. The van der Waals surface area contributed by atoms with Crippen LogP contribution in [0.15, 0.2) is 58.9 Å². The molecule has 0 amide bonds. The van der Waals surface area contributed by atoms with Gasteiger partial charge in [-0.3, -0.25) is 5.43 Å². The zero-order valence-electron chi connectivity index (χ0n) is 11.3. The Morgan fingerprint density at radius 1 is 1.19 bits per heavy atom. The zero-order valence-corrected chi connectivity index (χ0v) is 11.3. The van der Waals surface area contributed by atoms with Crippen LogP contribution in [-0.4, -0.2) is 13.1 Å². The van der Waals surface area contributed by atoms with Crippen LogP contribution in [-0.2, 0) is 4.74 Å². The van der Waals surface area contributed by atoms with Gasteiger partial charge in [-0.1, -0.05) is 17.4 Å². The molecule has 0 radical (unpaired) electrons. The minimum Gasteiger partial charge on any atom is -0.465 e. The zero-order chi connectivity index (χ0) is 15.1. The Balaban J connectivity index is 2.04. The topological polar surface area (TPSA) is 86.8 Å². The van der Waals surface area contributed by atoms with Gasteiger partial charge in [-0.05, 0) is 36.4 Å². The highest BCUT2D eigenvalue weighted by Gasteiger charge is 2.03. The fraction of sp³-hybridized carbons (Fsp3) is 0.0667. The first-order valence-corrected chi connectivity index (χ1v) is 6.09. The molecule has 0 bridgehead atoms. The summed E-state index contributed by atoms with van der Waals surface area (Å²) in [6, 6.07) is 15.5. The maximum absolute atomic E-state index is 11.3. The van der Waals surface area contributed by atoms with Gasteiger partial charge in [-0.15, -0.1) is 5.11 Å². The van der Waals surface area contributed by atoms with Gasteiger partial charge in [0.25, 0.3) is 0 Å². The van der Waals surface area contributed by atoms with Crippen LogP contribution >= 0.6 is 0 Å². The van der Waals surface area contributed by atoms with E-state index in [1.54, 1.807) is 48.5 Å². The van der Waals surface area contributed by atoms with Crippen molar-refractivity contribution in [2.75, 3.05) is 12.5 Å². The predicted molar refractivity (Wildman–Crippen MR) is 77.1 cm³/mol. The third-order valence-corrected chi connectivity index (χ3v) is 2.67.